The van der Waals surface area contributed by atoms with E-state index in [0.29, 0.717) is 24.1 Å². The number of nitrogens with zero attached hydrogens (tertiary/aromatic N) is 3. The average Bonchev–Trinajstić information content (AvgIpc) is 2.46. The van der Waals surface area contributed by atoms with Gasteiger partial charge < -0.3 is 20.3 Å². The van der Waals surface area contributed by atoms with Gasteiger partial charge in [-0.25, -0.2) is 9.97 Å². The summed E-state index contributed by atoms with van der Waals surface area (Å²) in [4.78, 5) is 22.2. The first kappa shape index (κ1) is 16.5. The Labute approximate surface area is 123 Å². The fourth-order valence-electron chi connectivity index (χ4n) is 1.47. The maximum Gasteiger partial charge on any atom is 0.239 e. The van der Waals surface area contributed by atoms with E-state index in [1.165, 1.54) is 11.8 Å². The van der Waals surface area contributed by atoms with E-state index in [2.05, 4.69) is 20.6 Å². The average molecular weight is 299 g/mol. The molecule has 0 bridgehead atoms. The number of thioether (sulfide) groups is 1. The van der Waals surface area contributed by atoms with Crippen molar-refractivity contribution in [1.29, 1.82) is 0 Å². The Morgan fingerprint density at radius 1 is 1.50 bits per heavy atom. The predicted octanol–water partition coefficient (Wildman–Crippen LogP) is 0.439. The van der Waals surface area contributed by atoms with E-state index in [1.807, 2.05) is 19.4 Å². The Balaban J connectivity index is 2.66. The number of ether oxygens (including phenoxy) is 1. The third kappa shape index (κ3) is 5.22. The van der Waals surface area contributed by atoms with Crippen LogP contribution < -0.4 is 15.5 Å². The van der Waals surface area contributed by atoms with Gasteiger partial charge in [0.2, 0.25) is 5.91 Å². The van der Waals surface area contributed by atoms with E-state index < -0.39 is 0 Å². The second kappa shape index (κ2) is 8.60. The number of anilines is 2. The molecule has 0 radical (unpaired) electrons. The summed E-state index contributed by atoms with van der Waals surface area (Å²) in [7, 11) is 5.22. The molecule has 1 amide bonds. The number of hydrogen-bond donors (Lipinski definition) is 2. The largest absolute Gasteiger partial charge is 0.383 e. The molecule has 0 aliphatic carbocycles. The molecule has 0 spiro atoms. The van der Waals surface area contributed by atoms with E-state index in [4.69, 9.17) is 4.74 Å². The van der Waals surface area contributed by atoms with Crippen LogP contribution in [0.4, 0.5) is 11.6 Å². The van der Waals surface area contributed by atoms with Gasteiger partial charge in [0.25, 0.3) is 0 Å². The first-order valence-corrected chi connectivity index (χ1v) is 7.40. The van der Waals surface area contributed by atoms with Gasteiger partial charge in [0, 0.05) is 33.8 Å². The maximum atomic E-state index is 11.7. The number of carbonyl (C=O) groups excluding carboxylic acids is 1. The topological polar surface area (TPSA) is 79.4 Å². The standard InChI is InChI=1S/C12H21N5O2S/c1-13-9-7-10(16-12(15-9)20-4)17(2)8-11(18)14-5-6-19-3/h7H,5-6,8H2,1-4H3,(H,14,18)(H,13,15,16). The smallest absolute Gasteiger partial charge is 0.239 e. The van der Waals surface area contributed by atoms with Crippen molar-refractivity contribution in [3.8, 4) is 0 Å². The highest BCUT2D eigenvalue weighted by atomic mass is 32.2. The Hall–Kier alpha value is -1.54. The van der Waals surface area contributed by atoms with Gasteiger partial charge in [-0.15, -0.1) is 0 Å². The third-order valence-corrected chi connectivity index (χ3v) is 3.08. The molecular formula is C12H21N5O2S. The number of likely N-dealkylation sites (N-methyl/N-ethyl adjacent to an activating group) is 1. The summed E-state index contributed by atoms with van der Waals surface area (Å²) in [6.07, 6.45) is 1.91. The van der Waals surface area contributed by atoms with Crippen molar-refractivity contribution in [3.63, 3.8) is 0 Å². The summed E-state index contributed by atoms with van der Waals surface area (Å²) in [5.41, 5.74) is 0. The molecule has 0 aliphatic rings. The number of aromatic nitrogens is 2. The van der Waals surface area contributed by atoms with E-state index in [-0.39, 0.29) is 12.5 Å². The lowest BCUT2D eigenvalue weighted by Gasteiger charge is -2.18. The van der Waals surface area contributed by atoms with Crippen molar-refractivity contribution >= 4 is 29.3 Å². The summed E-state index contributed by atoms with van der Waals surface area (Å²) in [6.45, 7) is 1.24. The number of amides is 1. The first-order chi connectivity index (χ1) is 9.60. The van der Waals surface area contributed by atoms with Crippen molar-refractivity contribution in [2.75, 3.05) is 57.4 Å². The van der Waals surface area contributed by atoms with Crippen LogP contribution in [0, 0.1) is 0 Å². The minimum atomic E-state index is -0.0696. The van der Waals surface area contributed by atoms with Crippen molar-refractivity contribution in [2.45, 2.75) is 5.16 Å². The monoisotopic (exact) mass is 299 g/mol. The molecule has 0 saturated carbocycles. The molecule has 0 atom stereocenters. The lowest BCUT2D eigenvalue weighted by atomic mass is 10.4. The van der Waals surface area contributed by atoms with E-state index >= 15 is 0 Å². The Kier molecular flexibility index (Phi) is 7.10. The molecule has 0 aliphatic heterocycles. The van der Waals surface area contributed by atoms with Gasteiger partial charge in [0.05, 0.1) is 13.2 Å². The Morgan fingerprint density at radius 3 is 2.85 bits per heavy atom. The summed E-state index contributed by atoms with van der Waals surface area (Å²) in [6, 6.07) is 1.81. The van der Waals surface area contributed by atoms with Crippen LogP contribution >= 0.6 is 11.8 Å². The van der Waals surface area contributed by atoms with Crippen molar-refractivity contribution in [2.24, 2.45) is 0 Å². The zero-order valence-corrected chi connectivity index (χ0v) is 13.1. The number of carbonyl (C=O) groups is 1. The summed E-state index contributed by atoms with van der Waals surface area (Å²) in [5, 5.41) is 6.42. The molecule has 0 saturated heterocycles. The highest BCUT2D eigenvalue weighted by molar-refractivity contribution is 7.98. The van der Waals surface area contributed by atoms with Gasteiger partial charge in [0.15, 0.2) is 5.16 Å². The fourth-order valence-corrected chi connectivity index (χ4v) is 1.85. The van der Waals surface area contributed by atoms with Crippen LogP contribution in [0.1, 0.15) is 0 Å². The fraction of sp³-hybridized carbons (Fsp3) is 0.583. The molecule has 7 nitrogen and oxygen atoms in total. The minimum Gasteiger partial charge on any atom is -0.383 e. The number of nitrogens with one attached hydrogen (secondary N) is 2. The molecule has 112 valence electrons. The second-order valence-corrected chi connectivity index (χ2v) is 4.82. The van der Waals surface area contributed by atoms with Gasteiger partial charge in [-0.05, 0) is 6.26 Å². The molecular weight excluding hydrogens is 278 g/mol. The van der Waals surface area contributed by atoms with E-state index in [9.17, 15) is 4.79 Å². The van der Waals surface area contributed by atoms with Gasteiger partial charge in [-0.2, -0.15) is 0 Å². The van der Waals surface area contributed by atoms with Crippen LogP contribution in [0.15, 0.2) is 11.2 Å². The molecule has 1 aromatic rings. The molecule has 2 N–H and O–H groups in total. The molecule has 20 heavy (non-hydrogen) atoms. The third-order valence-electron chi connectivity index (χ3n) is 2.53. The number of hydrogen-bond acceptors (Lipinski definition) is 7. The van der Waals surface area contributed by atoms with Crippen molar-refractivity contribution in [3.05, 3.63) is 6.07 Å². The Bertz CT molecular complexity index is 422. The van der Waals surface area contributed by atoms with E-state index in [0.717, 1.165) is 5.82 Å². The number of rotatable bonds is 8. The number of methoxy groups -OCH3 is 1. The normalized spacial score (nSPS) is 10.2. The second-order valence-electron chi connectivity index (χ2n) is 4.05. The SMILES string of the molecule is CNc1cc(N(C)CC(=O)NCCOC)nc(SC)n1. The Morgan fingerprint density at radius 2 is 2.25 bits per heavy atom. The van der Waals surface area contributed by atoms with Crippen LogP contribution in [0.3, 0.4) is 0 Å². The highest BCUT2D eigenvalue weighted by Crippen LogP contribution is 2.19. The molecule has 0 aromatic carbocycles. The molecule has 8 heteroatoms. The van der Waals surface area contributed by atoms with Gasteiger partial charge >= 0.3 is 0 Å². The zero-order chi connectivity index (χ0) is 15.0. The van der Waals surface area contributed by atoms with E-state index in [1.54, 1.807) is 19.1 Å². The molecule has 1 aromatic heterocycles. The summed E-state index contributed by atoms with van der Waals surface area (Å²) >= 11 is 1.46. The van der Waals surface area contributed by atoms with Crippen LogP contribution in [0.25, 0.3) is 0 Å². The van der Waals surface area contributed by atoms with Crippen LogP contribution in [-0.4, -0.2) is 63.0 Å². The van der Waals surface area contributed by atoms with Crippen molar-refractivity contribution < 1.29 is 9.53 Å². The molecule has 1 heterocycles. The zero-order valence-electron chi connectivity index (χ0n) is 12.3. The quantitative estimate of drug-likeness (QED) is 0.409. The first-order valence-electron chi connectivity index (χ1n) is 6.18. The molecule has 1 rings (SSSR count). The van der Waals surface area contributed by atoms with Gasteiger partial charge in [-0.3, -0.25) is 4.79 Å². The van der Waals surface area contributed by atoms with Crippen LogP contribution in [0.2, 0.25) is 0 Å². The van der Waals surface area contributed by atoms with Crippen LogP contribution in [0.5, 0.6) is 0 Å². The summed E-state index contributed by atoms with van der Waals surface area (Å²) < 4.78 is 4.88. The minimum absolute atomic E-state index is 0.0696. The van der Waals surface area contributed by atoms with Crippen LogP contribution in [-0.2, 0) is 9.53 Å². The summed E-state index contributed by atoms with van der Waals surface area (Å²) in [5.74, 6) is 1.36. The lowest BCUT2D eigenvalue weighted by Crippen LogP contribution is -2.37. The molecule has 0 unspecified atom stereocenters. The van der Waals surface area contributed by atoms with Gasteiger partial charge in [0.1, 0.15) is 11.6 Å². The highest BCUT2D eigenvalue weighted by Gasteiger charge is 2.11. The molecule has 0 fully saturated rings. The van der Waals surface area contributed by atoms with Crippen molar-refractivity contribution in [1.82, 2.24) is 15.3 Å². The van der Waals surface area contributed by atoms with Gasteiger partial charge in [-0.1, -0.05) is 11.8 Å². The maximum absolute atomic E-state index is 11.7. The lowest BCUT2D eigenvalue weighted by molar-refractivity contribution is -0.119. The predicted molar refractivity (Wildman–Crippen MR) is 81.5 cm³/mol.